The minimum atomic E-state index is -3.60. The van der Waals surface area contributed by atoms with Crippen LogP contribution in [0.5, 0.6) is 0 Å². The first-order chi connectivity index (χ1) is 21.5. The van der Waals surface area contributed by atoms with Crippen molar-refractivity contribution >= 4 is 39.1 Å². The smallest absolute Gasteiger partial charge is 0.251 e. The van der Waals surface area contributed by atoms with Crippen LogP contribution in [0.3, 0.4) is 0 Å². The molecule has 3 aromatic carbocycles. The van der Waals surface area contributed by atoms with E-state index < -0.39 is 16.1 Å². The molecule has 0 aliphatic carbocycles. The summed E-state index contributed by atoms with van der Waals surface area (Å²) in [6.45, 7) is 10.8. The summed E-state index contributed by atoms with van der Waals surface area (Å²) in [4.78, 5) is 26.8. The Bertz CT molecular complexity index is 1520. The van der Waals surface area contributed by atoms with Crippen molar-refractivity contribution < 1.29 is 18.0 Å². The van der Waals surface area contributed by atoms with Crippen molar-refractivity contribution in [1.82, 2.24) is 16.0 Å². The molecule has 0 unspecified atom stereocenters. The second-order valence-corrected chi connectivity index (χ2v) is 14.2. The Balaban J connectivity index is 1.97. The predicted octanol–water partition coefficient (Wildman–Crippen LogP) is 6.05. The number of nitrogens with zero attached hydrogens (tertiary/aromatic N) is 1. The average Bonchev–Trinajstić information content (AvgIpc) is 3.02. The Hall–Kier alpha value is -3.40. The molecule has 8 nitrogen and oxygen atoms in total. The Morgan fingerprint density at radius 2 is 1.62 bits per heavy atom. The van der Waals surface area contributed by atoms with Gasteiger partial charge in [0.15, 0.2) is 0 Å². The topological polar surface area (TPSA) is 108 Å². The van der Waals surface area contributed by atoms with Crippen molar-refractivity contribution in [3.05, 3.63) is 88.9 Å². The normalized spacial score (nSPS) is 12.9. The molecule has 0 fully saturated rings. The third-order valence-corrected chi connectivity index (χ3v) is 9.46. The van der Waals surface area contributed by atoms with E-state index in [2.05, 4.69) is 16.0 Å². The molecular weight excluding hydrogens is 608 g/mol. The number of rotatable bonds is 17. The fourth-order valence-electron chi connectivity index (χ4n) is 4.99. The number of sulfonamides is 1. The SMILES string of the molecule is CCCN(c1cc(C(=O)N[C@H](CN[C@@H](CC)C(=O)NCC(C)C)Cc2ccccc2)cc(-c2cccc(Cl)c2)c1)S(=O)(=O)CC. The van der Waals surface area contributed by atoms with Crippen LogP contribution in [0.15, 0.2) is 72.8 Å². The minimum Gasteiger partial charge on any atom is -0.354 e. The molecule has 3 aromatic rings. The zero-order valence-corrected chi connectivity index (χ0v) is 28.5. The molecule has 2 amide bonds. The van der Waals surface area contributed by atoms with Gasteiger partial charge in [-0.25, -0.2) is 8.42 Å². The third kappa shape index (κ3) is 10.9. The van der Waals surface area contributed by atoms with Gasteiger partial charge in [0.1, 0.15) is 0 Å². The van der Waals surface area contributed by atoms with Gasteiger partial charge in [-0.3, -0.25) is 13.9 Å². The van der Waals surface area contributed by atoms with Gasteiger partial charge in [-0.2, -0.15) is 0 Å². The lowest BCUT2D eigenvalue weighted by Crippen LogP contribution is -2.50. The number of hydrogen-bond acceptors (Lipinski definition) is 5. The molecule has 0 saturated carbocycles. The molecule has 10 heteroatoms. The molecule has 2 atom stereocenters. The Labute approximate surface area is 274 Å². The first kappa shape index (κ1) is 36.1. The second-order valence-electron chi connectivity index (χ2n) is 11.6. The number of anilines is 1. The predicted molar refractivity (Wildman–Crippen MR) is 185 cm³/mol. The van der Waals surface area contributed by atoms with E-state index in [1.807, 2.05) is 70.2 Å². The van der Waals surface area contributed by atoms with E-state index in [9.17, 15) is 18.0 Å². The highest BCUT2D eigenvalue weighted by molar-refractivity contribution is 7.92. The van der Waals surface area contributed by atoms with Crippen molar-refractivity contribution in [1.29, 1.82) is 0 Å². The summed E-state index contributed by atoms with van der Waals surface area (Å²) in [5.74, 6) is -0.136. The van der Waals surface area contributed by atoms with Crippen molar-refractivity contribution in [2.45, 2.75) is 66.0 Å². The van der Waals surface area contributed by atoms with Gasteiger partial charge in [0.2, 0.25) is 15.9 Å². The van der Waals surface area contributed by atoms with Gasteiger partial charge >= 0.3 is 0 Å². The average molecular weight is 655 g/mol. The van der Waals surface area contributed by atoms with E-state index in [-0.39, 0.29) is 30.2 Å². The first-order valence-corrected chi connectivity index (χ1v) is 17.7. The summed E-state index contributed by atoms with van der Waals surface area (Å²) in [5.41, 5.74) is 3.24. The van der Waals surface area contributed by atoms with Crippen molar-refractivity contribution in [2.75, 3.05) is 29.7 Å². The molecule has 0 bridgehead atoms. The van der Waals surface area contributed by atoms with E-state index >= 15 is 0 Å². The van der Waals surface area contributed by atoms with Crippen molar-refractivity contribution in [2.24, 2.45) is 5.92 Å². The molecule has 244 valence electrons. The van der Waals surface area contributed by atoms with E-state index in [0.29, 0.717) is 60.1 Å². The maximum absolute atomic E-state index is 14.0. The standard InChI is InChI=1S/C35H47ClN4O4S/c1-6-17-40(45(43,44)8-3)32-21-28(27-15-12-16-30(36)20-27)19-29(22-32)34(41)39-31(18-26-13-10-9-11-14-26)24-37-33(7-2)35(42)38-23-25(4)5/h9-16,19-22,25,31,33,37H,6-8,17-18,23-24H2,1-5H3,(H,38,42)(H,39,41)/t31-,33-/m0/s1. The van der Waals surface area contributed by atoms with Gasteiger partial charge in [-0.15, -0.1) is 0 Å². The Kier molecular flexibility index (Phi) is 13.9. The number of halogens is 1. The molecule has 3 rings (SSSR count). The fraction of sp³-hybridized carbons (Fsp3) is 0.429. The van der Waals surface area contributed by atoms with E-state index in [1.54, 1.807) is 37.3 Å². The summed E-state index contributed by atoms with van der Waals surface area (Å²) >= 11 is 6.30. The van der Waals surface area contributed by atoms with Gasteiger partial charge in [0, 0.05) is 36.3 Å². The molecular formula is C35H47ClN4O4S. The van der Waals surface area contributed by atoms with Crippen LogP contribution in [-0.2, 0) is 21.2 Å². The highest BCUT2D eigenvalue weighted by Crippen LogP contribution is 2.30. The minimum absolute atomic E-state index is 0.0654. The lowest BCUT2D eigenvalue weighted by Gasteiger charge is -2.26. The zero-order chi connectivity index (χ0) is 33.0. The molecule has 0 aliphatic heterocycles. The monoisotopic (exact) mass is 654 g/mol. The lowest BCUT2D eigenvalue weighted by atomic mass is 10.0. The van der Waals surface area contributed by atoms with Gasteiger partial charge in [0.25, 0.3) is 5.91 Å². The summed E-state index contributed by atoms with van der Waals surface area (Å²) in [6.07, 6.45) is 1.74. The first-order valence-electron chi connectivity index (χ1n) is 15.7. The Morgan fingerprint density at radius 3 is 2.24 bits per heavy atom. The summed E-state index contributed by atoms with van der Waals surface area (Å²) in [5, 5.41) is 10.0. The largest absolute Gasteiger partial charge is 0.354 e. The van der Waals surface area contributed by atoms with Crippen LogP contribution in [0, 0.1) is 5.92 Å². The lowest BCUT2D eigenvalue weighted by molar-refractivity contribution is -0.123. The fourth-order valence-corrected chi connectivity index (χ4v) is 6.37. The molecule has 3 N–H and O–H groups in total. The molecule has 0 aliphatic rings. The summed E-state index contributed by atoms with van der Waals surface area (Å²) < 4.78 is 27.6. The molecule has 0 spiro atoms. The van der Waals surface area contributed by atoms with Crippen LogP contribution in [0.1, 0.15) is 63.4 Å². The number of amides is 2. The number of carbonyl (C=O) groups excluding carboxylic acids is 2. The van der Waals surface area contributed by atoms with Crippen LogP contribution in [0.2, 0.25) is 5.02 Å². The van der Waals surface area contributed by atoms with Crippen LogP contribution in [-0.4, -0.2) is 57.7 Å². The van der Waals surface area contributed by atoms with E-state index in [4.69, 9.17) is 11.6 Å². The van der Waals surface area contributed by atoms with Crippen LogP contribution >= 0.6 is 11.6 Å². The maximum atomic E-state index is 14.0. The van der Waals surface area contributed by atoms with Gasteiger partial charge < -0.3 is 16.0 Å². The van der Waals surface area contributed by atoms with Crippen LogP contribution < -0.4 is 20.3 Å². The van der Waals surface area contributed by atoms with Crippen molar-refractivity contribution in [3.8, 4) is 11.1 Å². The van der Waals surface area contributed by atoms with Gasteiger partial charge in [-0.05, 0) is 79.1 Å². The second kappa shape index (κ2) is 17.3. The highest BCUT2D eigenvalue weighted by Gasteiger charge is 2.24. The Morgan fingerprint density at radius 1 is 0.889 bits per heavy atom. The summed E-state index contributed by atoms with van der Waals surface area (Å²) in [6, 6.07) is 21.5. The van der Waals surface area contributed by atoms with E-state index in [1.165, 1.54) is 4.31 Å². The molecule has 0 heterocycles. The number of hydrogen-bond donors (Lipinski definition) is 3. The molecule has 45 heavy (non-hydrogen) atoms. The van der Waals surface area contributed by atoms with Gasteiger partial charge in [0.05, 0.1) is 17.5 Å². The van der Waals surface area contributed by atoms with E-state index in [0.717, 1.165) is 11.1 Å². The van der Waals surface area contributed by atoms with Crippen LogP contribution in [0.4, 0.5) is 5.69 Å². The number of carbonyl (C=O) groups is 2. The zero-order valence-electron chi connectivity index (χ0n) is 27.0. The maximum Gasteiger partial charge on any atom is 0.251 e. The van der Waals surface area contributed by atoms with Crippen LogP contribution in [0.25, 0.3) is 11.1 Å². The number of benzene rings is 3. The number of nitrogens with one attached hydrogen (secondary N) is 3. The quantitative estimate of drug-likeness (QED) is 0.164. The summed E-state index contributed by atoms with van der Waals surface area (Å²) in [7, 11) is -3.60. The third-order valence-electron chi connectivity index (χ3n) is 7.43. The molecule has 0 radical (unpaired) electrons. The van der Waals surface area contributed by atoms with Gasteiger partial charge in [-0.1, -0.05) is 81.8 Å². The van der Waals surface area contributed by atoms with Crippen molar-refractivity contribution in [3.63, 3.8) is 0 Å². The molecule has 0 aromatic heterocycles. The highest BCUT2D eigenvalue weighted by atomic mass is 35.5. The molecule has 0 saturated heterocycles.